The molecular formula is C17H28BrNOS. The van der Waals surface area contributed by atoms with Crippen LogP contribution < -0.4 is 5.73 Å². The topological polar surface area (TPSA) is 35.2 Å². The Kier molecular flexibility index (Phi) is 6.30. The fraction of sp³-hybridized carbons (Fsp3) is 0.765. The highest BCUT2D eigenvalue weighted by Gasteiger charge is 2.34. The van der Waals surface area contributed by atoms with Crippen LogP contribution in [-0.4, -0.2) is 12.1 Å². The zero-order valence-electron chi connectivity index (χ0n) is 13.5. The highest BCUT2D eigenvalue weighted by molar-refractivity contribution is 9.10. The van der Waals surface area contributed by atoms with Crippen molar-refractivity contribution in [3.05, 3.63) is 20.8 Å². The molecule has 1 aromatic rings. The van der Waals surface area contributed by atoms with Crippen LogP contribution in [0.4, 0.5) is 0 Å². The van der Waals surface area contributed by atoms with Gasteiger partial charge in [-0.25, -0.2) is 0 Å². The van der Waals surface area contributed by atoms with Crippen LogP contribution in [0.1, 0.15) is 57.9 Å². The summed E-state index contributed by atoms with van der Waals surface area (Å²) in [6, 6.07) is 2.16. The van der Waals surface area contributed by atoms with Gasteiger partial charge < -0.3 is 10.5 Å². The first-order valence-electron chi connectivity index (χ1n) is 8.03. The first-order valence-corrected chi connectivity index (χ1v) is 9.70. The van der Waals surface area contributed by atoms with Gasteiger partial charge in [-0.3, -0.25) is 0 Å². The Balaban J connectivity index is 2.14. The normalized spacial score (nSPS) is 29.6. The van der Waals surface area contributed by atoms with E-state index in [-0.39, 0.29) is 12.1 Å². The van der Waals surface area contributed by atoms with Gasteiger partial charge in [-0.1, -0.05) is 27.2 Å². The molecule has 2 N–H and O–H groups in total. The quantitative estimate of drug-likeness (QED) is 0.751. The second-order valence-electron chi connectivity index (χ2n) is 6.95. The van der Waals surface area contributed by atoms with Crippen molar-refractivity contribution in [1.82, 2.24) is 0 Å². The smallest absolute Gasteiger partial charge is 0.107 e. The standard InChI is InChI=1S/C17H28BrNOS/c1-10(2)14-6-5-11(3)7-15(14)20-17(12(4)19)16-8-13(18)9-21-16/h8-12,14-15,17H,5-7,19H2,1-4H3. The Hall–Kier alpha value is 0.1000. The van der Waals surface area contributed by atoms with E-state index in [9.17, 15) is 0 Å². The third-order valence-corrected chi connectivity index (χ3v) is 6.38. The molecule has 21 heavy (non-hydrogen) atoms. The molecule has 0 aliphatic heterocycles. The van der Waals surface area contributed by atoms with Gasteiger partial charge in [0.25, 0.3) is 0 Å². The fourth-order valence-electron chi connectivity index (χ4n) is 3.39. The number of hydrogen-bond acceptors (Lipinski definition) is 3. The Morgan fingerprint density at radius 1 is 1.33 bits per heavy atom. The van der Waals surface area contributed by atoms with E-state index in [1.165, 1.54) is 24.1 Å². The van der Waals surface area contributed by atoms with Crippen LogP contribution in [0.15, 0.2) is 15.9 Å². The van der Waals surface area contributed by atoms with Crippen LogP contribution >= 0.6 is 27.3 Å². The third kappa shape index (κ3) is 4.54. The highest BCUT2D eigenvalue weighted by atomic mass is 79.9. The van der Waals surface area contributed by atoms with Crippen molar-refractivity contribution in [2.24, 2.45) is 23.5 Å². The molecule has 1 aliphatic carbocycles. The molecule has 1 heterocycles. The largest absolute Gasteiger partial charge is 0.368 e. The van der Waals surface area contributed by atoms with E-state index < -0.39 is 0 Å². The van der Waals surface area contributed by atoms with E-state index in [2.05, 4.69) is 55.1 Å². The van der Waals surface area contributed by atoms with E-state index in [1.807, 2.05) is 0 Å². The number of rotatable bonds is 5. The molecule has 2 rings (SSSR count). The Labute approximate surface area is 141 Å². The zero-order valence-corrected chi connectivity index (χ0v) is 15.9. The lowest BCUT2D eigenvalue weighted by Gasteiger charge is -2.39. The van der Waals surface area contributed by atoms with E-state index in [4.69, 9.17) is 10.5 Å². The van der Waals surface area contributed by atoms with Crippen molar-refractivity contribution in [2.75, 3.05) is 0 Å². The molecular weight excluding hydrogens is 346 g/mol. The van der Waals surface area contributed by atoms with Crippen LogP contribution in [0.5, 0.6) is 0 Å². The van der Waals surface area contributed by atoms with Crippen LogP contribution in [-0.2, 0) is 4.74 Å². The number of nitrogens with two attached hydrogens (primary N) is 1. The van der Waals surface area contributed by atoms with E-state index >= 15 is 0 Å². The van der Waals surface area contributed by atoms with Gasteiger partial charge in [0.05, 0.1) is 6.10 Å². The minimum Gasteiger partial charge on any atom is -0.368 e. The minimum absolute atomic E-state index is 0.0119. The molecule has 5 unspecified atom stereocenters. The zero-order chi connectivity index (χ0) is 15.6. The van der Waals surface area contributed by atoms with Crippen molar-refractivity contribution in [2.45, 2.75) is 65.2 Å². The van der Waals surface area contributed by atoms with Crippen molar-refractivity contribution < 1.29 is 4.74 Å². The lowest BCUT2D eigenvalue weighted by Crippen LogP contribution is -2.38. The summed E-state index contributed by atoms with van der Waals surface area (Å²) in [4.78, 5) is 1.23. The molecule has 1 saturated carbocycles. The molecule has 0 spiro atoms. The Bertz CT molecular complexity index is 446. The van der Waals surface area contributed by atoms with E-state index in [1.54, 1.807) is 11.3 Å². The average Bonchev–Trinajstić information content (AvgIpc) is 2.81. The van der Waals surface area contributed by atoms with Crippen LogP contribution in [0.25, 0.3) is 0 Å². The Morgan fingerprint density at radius 2 is 2.05 bits per heavy atom. The average molecular weight is 374 g/mol. The van der Waals surface area contributed by atoms with Gasteiger partial charge in [0.1, 0.15) is 6.10 Å². The van der Waals surface area contributed by atoms with Gasteiger partial charge in [-0.15, -0.1) is 11.3 Å². The minimum atomic E-state index is 0.0119. The first kappa shape index (κ1) is 17.5. The highest BCUT2D eigenvalue weighted by Crippen LogP contribution is 2.39. The molecule has 1 aromatic heterocycles. The molecule has 0 bridgehead atoms. The molecule has 1 fully saturated rings. The maximum absolute atomic E-state index is 6.56. The summed E-state index contributed by atoms with van der Waals surface area (Å²) in [5.41, 5.74) is 6.22. The third-order valence-electron chi connectivity index (χ3n) is 4.63. The van der Waals surface area contributed by atoms with Gasteiger partial charge in [-0.2, -0.15) is 0 Å². The van der Waals surface area contributed by atoms with Crippen LogP contribution in [0, 0.1) is 17.8 Å². The Morgan fingerprint density at radius 3 is 2.57 bits per heavy atom. The van der Waals surface area contributed by atoms with Gasteiger partial charge in [0, 0.05) is 20.8 Å². The summed E-state index contributed by atoms with van der Waals surface area (Å²) >= 11 is 5.27. The lowest BCUT2D eigenvalue weighted by atomic mass is 9.75. The summed E-state index contributed by atoms with van der Waals surface area (Å²) in [7, 11) is 0. The molecule has 0 radical (unpaired) electrons. The molecule has 0 saturated heterocycles. The molecule has 120 valence electrons. The van der Waals surface area contributed by atoms with Crippen molar-refractivity contribution in [3.63, 3.8) is 0 Å². The van der Waals surface area contributed by atoms with Gasteiger partial charge in [0.2, 0.25) is 0 Å². The second kappa shape index (κ2) is 7.58. The summed E-state index contributed by atoms with van der Waals surface area (Å²) < 4.78 is 7.68. The maximum Gasteiger partial charge on any atom is 0.107 e. The number of ether oxygens (including phenoxy) is 1. The molecule has 1 aliphatic rings. The molecule has 2 nitrogen and oxygen atoms in total. The maximum atomic E-state index is 6.56. The first-order chi connectivity index (χ1) is 9.88. The predicted octanol–water partition coefficient (Wildman–Crippen LogP) is 5.38. The lowest BCUT2D eigenvalue weighted by molar-refractivity contribution is -0.0872. The van der Waals surface area contributed by atoms with Crippen molar-refractivity contribution in [3.8, 4) is 0 Å². The molecule has 4 heteroatoms. The van der Waals surface area contributed by atoms with Gasteiger partial charge in [-0.05, 0) is 59.5 Å². The van der Waals surface area contributed by atoms with Crippen molar-refractivity contribution >= 4 is 27.3 Å². The monoisotopic (exact) mass is 373 g/mol. The van der Waals surface area contributed by atoms with E-state index in [0.29, 0.717) is 17.9 Å². The molecule has 5 atom stereocenters. The summed E-state index contributed by atoms with van der Waals surface area (Å²) in [6.45, 7) is 9.03. The van der Waals surface area contributed by atoms with Gasteiger partial charge >= 0.3 is 0 Å². The molecule has 0 amide bonds. The number of hydrogen-bond donors (Lipinski definition) is 1. The predicted molar refractivity (Wildman–Crippen MR) is 94.6 cm³/mol. The fourth-order valence-corrected chi connectivity index (χ4v) is 4.98. The summed E-state index contributed by atoms with van der Waals surface area (Å²) in [5, 5.41) is 2.11. The number of halogens is 1. The van der Waals surface area contributed by atoms with Crippen LogP contribution in [0.2, 0.25) is 0 Å². The van der Waals surface area contributed by atoms with Crippen LogP contribution in [0.3, 0.4) is 0 Å². The summed E-state index contributed by atoms with van der Waals surface area (Å²) in [5.74, 6) is 2.09. The number of thiophene rings is 1. The SMILES string of the molecule is CC1CCC(C(C)C)C(OC(c2cc(Br)cs2)C(C)N)C1. The summed E-state index contributed by atoms with van der Waals surface area (Å²) in [6.07, 6.45) is 4.13. The van der Waals surface area contributed by atoms with Crippen molar-refractivity contribution in [1.29, 1.82) is 0 Å². The van der Waals surface area contributed by atoms with E-state index in [0.717, 1.165) is 10.4 Å². The second-order valence-corrected chi connectivity index (χ2v) is 8.81. The van der Waals surface area contributed by atoms with Gasteiger partial charge in [0.15, 0.2) is 0 Å². The molecule has 0 aromatic carbocycles.